The molecule has 1 saturated heterocycles. The number of hydrogen-bond donors (Lipinski definition) is 0. The van der Waals surface area contributed by atoms with Crippen molar-refractivity contribution in [1.82, 2.24) is 14.4 Å². The van der Waals surface area contributed by atoms with Gasteiger partial charge in [-0.1, -0.05) is 0 Å². The van der Waals surface area contributed by atoms with E-state index in [1.54, 1.807) is 11.1 Å². The van der Waals surface area contributed by atoms with E-state index in [4.69, 9.17) is 0 Å². The Kier molecular flexibility index (Phi) is 3.06. The van der Waals surface area contributed by atoms with Crippen LogP contribution in [-0.2, 0) is 11.0 Å². The van der Waals surface area contributed by atoms with E-state index in [-0.39, 0.29) is 22.6 Å². The lowest BCUT2D eigenvalue weighted by molar-refractivity contribution is -0.136. The minimum atomic E-state index is -4.46. The molecule has 3 aromatic heterocycles. The number of imidazole rings is 1. The molecule has 5 nitrogen and oxygen atoms in total. The first-order chi connectivity index (χ1) is 11.3. The predicted octanol–water partition coefficient (Wildman–Crippen LogP) is 3.34. The fourth-order valence-electron chi connectivity index (χ4n) is 3.10. The van der Waals surface area contributed by atoms with Gasteiger partial charge in [0, 0.05) is 24.0 Å². The highest BCUT2D eigenvalue weighted by Gasteiger charge is 2.34. The Morgan fingerprint density at radius 1 is 1.21 bits per heavy atom. The van der Waals surface area contributed by atoms with E-state index in [0.29, 0.717) is 24.4 Å². The molecule has 4 rings (SSSR count). The van der Waals surface area contributed by atoms with Crippen molar-refractivity contribution in [3.8, 4) is 0 Å². The number of aryl methyl sites for hydroxylation is 1. The monoisotopic (exact) mass is 334 g/mol. The molecule has 0 atom stereocenters. The maximum absolute atomic E-state index is 13.3. The molecule has 0 N–H and O–H groups in total. The maximum Gasteiger partial charge on any atom is 0.417 e. The van der Waals surface area contributed by atoms with Crippen molar-refractivity contribution in [1.29, 1.82) is 0 Å². The Bertz CT molecular complexity index is 977. The first-order valence-electron chi connectivity index (χ1n) is 7.51. The second-order valence-electron chi connectivity index (χ2n) is 5.86. The van der Waals surface area contributed by atoms with Gasteiger partial charge in [0.25, 0.3) is 0 Å². The zero-order chi connectivity index (χ0) is 17.1. The smallest absolute Gasteiger partial charge is 0.296 e. The number of pyridine rings is 2. The number of anilines is 1. The average Bonchev–Trinajstić information content (AvgIpc) is 3.10. The average molecular weight is 334 g/mol. The van der Waals surface area contributed by atoms with Crippen LogP contribution in [0.2, 0.25) is 0 Å². The summed E-state index contributed by atoms with van der Waals surface area (Å²) in [4.78, 5) is 22.0. The number of hydrogen-bond acceptors (Lipinski definition) is 3. The fraction of sp³-hybridized carbons (Fsp3) is 0.312. The highest BCUT2D eigenvalue weighted by molar-refractivity contribution is 5.95. The van der Waals surface area contributed by atoms with Gasteiger partial charge in [-0.25, -0.2) is 9.97 Å². The Labute approximate surface area is 134 Å². The summed E-state index contributed by atoms with van der Waals surface area (Å²) >= 11 is 0. The summed E-state index contributed by atoms with van der Waals surface area (Å²) in [6.45, 7) is 2.09. The molecule has 0 unspecified atom stereocenters. The molecule has 0 aliphatic carbocycles. The lowest BCUT2D eigenvalue weighted by Gasteiger charge is -2.12. The number of alkyl halides is 3. The molecule has 3 aromatic rings. The molecular formula is C16H13F3N4O. The maximum atomic E-state index is 13.3. The van der Waals surface area contributed by atoms with Gasteiger partial charge in [-0.05, 0) is 31.5 Å². The summed E-state index contributed by atoms with van der Waals surface area (Å²) in [5.74, 6) is 0.421. The highest BCUT2D eigenvalue weighted by Crippen LogP contribution is 2.35. The molecule has 1 aliphatic heterocycles. The molecule has 1 fully saturated rings. The molecule has 24 heavy (non-hydrogen) atoms. The zero-order valence-electron chi connectivity index (χ0n) is 12.8. The molecule has 0 spiro atoms. The van der Waals surface area contributed by atoms with Crippen LogP contribution >= 0.6 is 0 Å². The summed E-state index contributed by atoms with van der Waals surface area (Å²) in [5, 5.41) is 0.0114. The Morgan fingerprint density at radius 2 is 2.00 bits per heavy atom. The molecule has 0 saturated carbocycles. The lowest BCUT2D eigenvalue weighted by Crippen LogP contribution is -2.23. The number of halogens is 3. The van der Waals surface area contributed by atoms with Crippen LogP contribution in [0, 0.1) is 6.92 Å². The summed E-state index contributed by atoms with van der Waals surface area (Å²) in [5.41, 5.74) is 0.197. The Hall–Kier alpha value is -2.64. The van der Waals surface area contributed by atoms with Crippen LogP contribution in [0.25, 0.3) is 16.7 Å². The van der Waals surface area contributed by atoms with E-state index in [9.17, 15) is 18.0 Å². The Morgan fingerprint density at radius 3 is 2.67 bits per heavy atom. The van der Waals surface area contributed by atoms with E-state index in [1.807, 2.05) is 0 Å². The van der Waals surface area contributed by atoms with Crippen LogP contribution < -0.4 is 4.90 Å². The van der Waals surface area contributed by atoms with Gasteiger partial charge in [-0.15, -0.1) is 0 Å². The van der Waals surface area contributed by atoms with Gasteiger partial charge in [0.15, 0.2) is 5.82 Å². The van der Waals surface area contributed by atoms with E-state index >= 15 is 0 Å². The van der Waals surface area contributed by atoms with E-state index < -0.39 is 11.7 Å². The second kappa shape index (κ2) is 4.93. The minimum Gasteiger partial charge on any atom is -0.296 e. The first kappa shape index (κ1) is 14.9. The third-order valence-electron chi connectivity index (χ3n) is 4.17. The number of rotatable bonds is 1. The van der Waals surface area contributed by atoms with Gasteiger partial charge in [0.05, 0.1) is 11.8 Å². The number of carbonyl (C=O) groups excluding carboxylic acids is 1. The van der Waals surface area contributed by atoms with Gasteiger partial charge in [-0.2, -0.15) is 13.2 Å². The third kappa shape index (κ3) is 2.21. The quantitative estimate of drug-likeness (QED) is 0.686. The van der Waals surface area contributed by atoms with Crippen molar-refractivity contribution < 1.29 is 18.0 Å². The van der Waals surface area contributed by atoms with Crippen molar-refractivity contribution in [2.24, 2.45) is 0 Å². The van der Waals surface area contributed by atoms with Crippen molar-refractivity contribution in [2.45, 2.75) is 25.9 Å². The molecule has 4 heterocycles. The summed E-state index contributed by atoms with van der Waals surface area (Å²) in [6, 6.07) is 3.93. The van der Waals surface area contributed by atoms with E-state index in [0.717, 1.165) is 12.5 Å². The normalized spacial score (nSPS) is 15.8. The molecule has 0 radical (unpaired) electrons. The molecule has 1 aliphatic rings. The standard InChI is InChI=1S/C16H13F3N4O/c1-9-7-11(16(17,18)19)10-4-5-12-21-13(8-23(12)15(10)20-9)22-6-2-3-14(22)24/h4-5,7-8H,2-3,6H2,1H3. The molecule has 124 valence electrons. The molecule has 0 bridgehead atoms. The number of carbonyl (C=O) groups is 1. The second-order valence-corrected chi connectivity index (χ2v) is 5.86. The molecule has 1 amide bonds. The van der Waals surface area contributed by atoms with Crippen LogP contribution in [-0.4, -0.2) is 26.8 Å². The zero-order valence-corrected chi connectivity index (χ0v) is 12.8. The van der Waals surface area contributed by atoms with Crippen molar-refractivity contribution in [2.75, 3.05) is 11.4 Å². The highest BCUT2D eigenvalue weighted by atomic mass is 19.4. The van der Waals surface area contributed by atoms with Crippen LogP contribution in [0.5, 0.6) is 0 Å². The van der Waals surface area contributed by atoms with Gasteiger partial charge in [0.2, 0.25) is 5.91 Å². The largest absolute Gasteiger partial charge is 0.417 e. The number of aromatic nitrogens is 3. The van der Waals surface area contributed by atoms with Crippen LogP contribution in [0.4, 0.5) is 19.0 Å². The SMILES string of the molecule is Cc1cc(C(F)(F)F)c2ccc3nc(N4CCCC4=O)cn3c2n1. The van der Waals surface area contributed by atoms with Gasteiger partial charge >= 0.3 is 6.18 Å². The summed E-state index contributed by atoms with van der Waals surface area (Å²) < 4.78 is 41.4. The Balaban J connectivity index is 1.99. The third-order valence-corrected chi connectivity index (χ3v) is 4.17. The van der Waals surface area contributed by atoms with Crippen molar-refractivity contribution in [3.63, 3.8) is 0 Å². The van der Waals surface area contributed by atoms with Crippen LogP contribution in [0.3, 0.4) is 0 Å². The fourth-order valence-corrected chi connectivity index (χ4v) is 3.10. The van der Waals surface area contributed by atoms with Gasteiger partial charge in [-0.3, -0.25) is 14.1 Å². The topological polar surface area (TPSA) is 50.5 Å². The van der Waals surface area contributed by atoms with Gasteiger partial charge in [0.1, 0.15) is 11.3 Å². The number of amides is 1. The van der Waals surface area contributed by atoms with Crippen LogP contribution in [0.15, 0.2) is 24.4 Å². The molecule has 0 aromatic carbocycles. The van der Waals surface area contributed by atoms with Crippen molar-refractivity contribution in [3.05, 3.63) is 35.7 Å². The summed E-state index contributed by atoms with van der Waals surface area (Å²) in [7, 11) is 0. The predicted molar refractivity (Wildman–Crippen MR) is 81.8 cm³/mol. The lowest BCUT2D eigenvalue weighted by atomic mass is 10.1. The number of nitrogens with zero attached hydrogens (tertiary/aromatic N) is 4. The van der Waals surface area contributed by atoms with Crippen LogP contribution in [0.1, 0.15) is 24.1 Å². The molecule has 8 heteroatoms. The minimum absolute atomic E-state index is 0.0114. The number of fused-ring (bicyclic) bond motifs is 3. The van der Waals surface area contributed by atoms with E-state index in [1.165, 1.54) is 23.5 Å². The first-order valence-corrected chi connectivity index (χ1v) is 7.51. The summed E-state index contributed by atoms with van der Waals surface area (Å²) in [6.07, 6.45) is -1.67. The van der Waals surface area contributed by atoms with Gasteiger partial charge < -0.3 is 0 Å². The van der Waals surface area contributed by atoms with E-state index in [2.05, 4.69) is 9.97 Å². The molecular weight excluding hydrogens is 321 g/mol. The van der Waals surface area contributed by atoms with Crippen molar-refractivity contribution >= 4 is 28.4 Å².